The maximum absolute atomic E-state index is 10.3. The SMILES string of the molecule is CNCNc1ccc(SOc2ccc(N=O)cc2)cc1. The van der Waals surface area contributed by atoms with Gasteiger partial charge in [-0.3, -0.25) is 0 Å². The van der Waals surface area contributed by atoms with Gasteiger partial charge in [-0.15, -0.1) is 4.91 Å². The Kier molecular flexibility index (Phi) is 5.40. The lowest BCUT2D eigenvalue weighted by atomic mass is 10.3. The molecular formula is C14H15N3O2S. The highest BCUT2D eigenvalue weighted by Gasteiger charge is 1.99. The molecule has 0 unspecified atom stereocenters. The van der Waals surface area contributed by atoms with Crippen molar-refractivity contribution in [1.29, 1.82) is 0 Å². The molecule has 5 nitrogen and oxygen atoms in total. The van der Waals surface area contributed by atoms with E-state index in [1.807, 2.05) is 31.3 Å². The van der Waals surface area contributed by atoms with Crippen LogP contribution in [0.5, 0.6) is 5.75 Å². The normalized spacial score (nSPS) is 10.1. The molecule has 2 aromatic carbocycles. The molecule has 0 atom stereocenters. The van der Waals surface area contributed by atoms with Crippen LogP contribution in [-0.4, -0.2) is 13.7 Å². The fraction of sp³-hybridized carbons (Fsp3) is 0.143. The second kappa shape index (κ2) is 7.52. The minimum Gasteiger partial charge on any atom is -0.421 e. The molecule has 0 aliphatic heterocycles. The zero-order chi connectivity index (χ0) is 14.2. The first-order valence-corrected chi connectivity index (χ1v) is 6.82. The van der Waals surface area contributed by atoms with E-state index in [2.05, 4.69) is 15.8 Å². The van der Waals surface area contributed by atoms with Crippen LogP contribution in [0, 0.1) is 4.91 Å². The molecule has 0 heterocycles. The zero-order valence-electron chi connectivity index (χ0n) is 11.0. The summed E-state index contributed by atoms with van der Waals surface area (Å²) in [5, 5.41) is 9.06. The summed E-state index contributed by atoms with van der Waals surface area (Å²) in [6, 6.07) is 14.6. The largest absolute Gasteiger partial charge is 0.421 e. The molecule has 2 aromatic rings. The predicted molar refractivity (Wildman–Crippen MR) is 82.4 cm³/mol. The summed E-state index contributed by atoms with van der Waals surface area (Å²) < 4.78 is 5.55. The lowest BCUT2D eigenvalue weighted by Crippen LogP contribution is -2.16. The predicted octanol–water partition coefficient (Wildman–Crippen LogP) is 3.76. The summed E-state index contributed by atoms with van der Waals surface area (Å²) in [6.07, 6.45) is 0. The fourth-order valence-electron chi connectivity index (χ4n) is 1.48. The molecule has 0 aromatic heterocycles. The number of benzene rings is 2. The highest BCUT2D eigenvalue weighted by atomic mass is 32.2. The van der Waals surface area contributed by atoms with E-state index < -0.39 is 0 Å². The quantitative estimate of drug-likeness (QED) is 0.461. The van der Waals surface area contributed by atoms with Crippen LogP contribution in [0.15, 0.2) is 58.6 Å². The van der Waals surface area contributed by atoms with Gasteiger partial charge in [0.05, 0.1) is 18.7 Å². The van der Waals surface area contributed by atoms with Crippen LogP contribution < -0.4 is 14.8 Å². The molecule has 0 aliphatic rings. The maximum atomic E-state index is 10.3. The molecule has 0 radical (unpaired) electrons. The molecule has 0 fully saturated rings. The monoisotopic (exact) mass is 289 g/mol. The first-order valence-electron chi connectivity index (χ1n) is 6.08. The zero-order valence-corrected chi connectivity index (χ0v) is 11.8. The van der Waals surface area contributed by atoms with E-state index in [4.69, 9.17) is 4.18 Å². The number of nitrogens with zero attached hydrogens (tertiary/aromatic N) is 1. The van der Waals surface area contributed by atoms with Crippen LogP contribution in [0.2, 0.25) is 0 Å². The Bertz CT molecular complexity index is 543. The van der Waals surface area contributed by atoms with Gasteiger partial charge in [0.1, 0.15) is 11.4 Å². The van der Waals surface area contributed by atoms with Gasteiger partial charge in [-0.05, 0) is 60.8 Å². The summed E-state index contributed by atoms with van der Waals surface area (Å²) >= 11 is 1.27. The molecule has 6 heteroatoms. The second-order valence-electron chi connectivity index (χ2n) is 3.98. The second-order valence-corrected chi connectivity index (χ2v) is 4.79. The molecule has 104 valence electrons. The van der Waals surface area contributed by atoms with Crippen molar-refractivity contribution in [3.05, 3.63) is 53.4 Å². The minimum atomic E-state index is 0.391. The van der Waals surface area contributed by atoms with Crippen LogP contribution >= 0.6 is 12.0 Å². The number of rotatable bonds is 7. The molecule has 2 N–H and O–H groups in total. The first kappa shape index (κ1) is 14.4. The first-order chi connectivity index (χ1) is 9.81. The summed E-state index contributed by atoms with van der Waals surface area (Å²) in [5.74, 6) is 0.680. The van der Waals surface area contributed by atoms with Gasteiger partial charge >= 0.3 is 0 Å². The van der Waals surface area contributed by atoms with E-state index in [1.54, 1.807) is 24.3 Å². The number of nitrogens with one attached hydrogen (secondary N) is 2. The standard InChI is InChI=1S/C14H15N3O2S/c1-15-10-16-11-4-8-14(9-5-11)20-19-13-6-2-12(17-18)3-7-13/h2-9,15-16H,10H2,1H3. The van der Waals surface area contributed by atoms with Crippen molar-refractivity contribution in [3.8, 4) is 5.75 Å². The van der Waals surface area contributed by atoms with Crippen molar-refractivity contribution in [2.24, 2.45) is 5.18 Å². The Labute approximate surface area is 121 Å². The van der Waals surface area contributed by atoms with Crippen molar-refractivity contribution in [2.45, 2.75) is 4.90 Å². The molecule has 20 heavy (non-hydrogen) atoms. The van der Waals surface area contributed by atoms with Crippen LogP contribution in [0.4, 0.5) is 11.4 Å². The summed E-state index contributed by atoms with van der Waals surface area (Å²) in [7, 11) is 1.89. The lowest BCUT2D eigenvalue weighted by Gasteiger charge is -2.07. The van der Waals surface area contributed by atoms with E-state index >= 15 is 0 Å². The van der Waals surface area contributed by atoms with Gasteiger partial charge in [0.15, 0.2) is 0 Å². The number of nitroso groups, excluding NO2 is 1. The topological polar surface area (TPSA) is 62.7 Å². The van der Waals surface area contributed by atoms with Gasteiger partial charge < -0.3 is 14.8 Å². The number of hydrogen-bond acceptors (Lipinski definition) is 6. The van der Waals surface area contributed by atoms with Crippen LogP contribution in [0.25, 0.3) is 0 Å². The third-order valence-electron chi connectivity index (χ3n) is 2.50. The average Bonchev–Trinajstić information content (AvgIpc) is 2.52. The van der Waals surface area contributed by atoms with Crippen molar-refractivity contribution in [2.75, 3.05) is 19.0 Å². The molecule has 2 rings (SSSR count). The molecule has 0 aliphatic carbocycles. The van der Waals surface area contributed by atoms with Crippen LogP contribution in [0.3, 0.4) is 0 Å². The van der Waals surface area contributed by atoms with E-state index in [9.17, 15) is 4.91 Å². The van der Waals surface area contributed by atoms with Crippen molar-refractivity contribution in [1.82, 2.24) is 5.32 Å². The van der Waals surface area contributed by atoms with Crippen molar-refractivity contribution in [3.63, 3.8) is 0 Å². The third-order valence-corrected chi connectivity index (χ3v) is 3.24. The van der Waals surface area contributed by atoms with Gasteiger partial charge in [-0.25, -0.2) is 0 Å². The Balaban J connectivity index is 1.88. The number of anilines is 1. The highest BCUT2D eigenvalue weighted by Crippen LogP contribution is 2.26. The van der Waals surface area contributed by atoms with Gasteiger partial charge in [0.2, 0.25) is 0 Å². The fourth-order valence-corrected chi connectivity index (χ4v) is 2.03. The molecular weight excluding hydrogens is 274 g/mol. The Morgan fingerprint density at radius 3 is 2.40 bits per heavy atom. The van der Waals surface area contributed by atoms with Crippen LogP contribution in [-0.2, 0) is 0 Å². The minimum absolute atomic E-state index is 0.391. The third kappa shape index (κ3) is 4.25. The molecule has 0 amide bonds. The molecule has 0 spiro atoms. The van der Waals surface area contributed by atoms with Gasteiger partial charge in [0, 0.05) is 10.6 Å². The van der Waals surface area contributed by atoms with Gasteiger partial charge in [-0.2, -0.15) is 0 Å². The van der Waals surface area contributed by atoms with Crippen LogP contribution in [0.1, 0.15) is 0 Å². The maximum Gasteiger partial charge on any atom is 0.138 e. The Morgan fingerprint density at radius 2 is 1.80 bits per heavy atom. The van der Waals surface area contributed by atoms with Gasteiger partial charge in [-0.1, -0.05) is 0 Å². The molecule has 0 saturated heterocycles. The number of hydrogen-bond donors (Lipinski definition) is 2. The van der Waals surface area contributed by atoms with E-state index in [-0.39, 0.29) is 0 Å². The average molecular weight is 289 g/mol. The Hall–Kier alpha value is -2.05. The van der Waals surface area contributed by atoms with E-state index in [1.165, 1.54) is 12.0 Å². The summed E-state index contributed by atoms with van der Waals surface area (Å²) in [5.41, 5.74) is 1.44. The van der Waals surface area contributed by atoms with E-state index in [0.717, 1.165) is 17.3 Å². The smallest absolute Gasteiger partial charge is 0.138 e. The van der Waals surface area contributed by atoms with Gasteiger partial charge in [0.25, 0.3) is 0 Å². The van der Waals surface area contributed by atoms with Crippen molar-refractivity contribution < 1.29 is 4.18 Å². The Morgan fingerprint density at radius 1 is 1.10 bits per heavy atom. The summed E-state index contributed by atoms with van der Waals surface area (Å²) in [6.45, 7) is 0.722. The summed E-state index contributed by atoms with van der Waals surface area (Å²) in [4.78, 5) is 11.3. The van der Waals surface area contributed by atoms with E-state index in [0.29, 0.717) is 11.4 Å². The van der Waals surface area contributed by atoms with Crippen molar-refractivity contribution >= 4 is 23.4 Å². The highest BCUT2D eigenvalue weighted by molar-refractivity contribution is 7.95. The molecule has 0 bridgehead atoms. The lowest BCUT2D eigenvalue weighted by molar-refractivity contribution is 0.646. The molecule has 0 saturated carbocycles.